The number of esters is 1. The van der Waals surface area contributed by atoms with Gasteiger partial charge >= 0.3 is 12.1 Å². The second kappa shape index (κ2) is 8.80. The number of ether oxygens (including phenoxy) is 1. The fraction of sp³-hybridized carbons (Fsp3) is 0.158. The van der Waals surface area contributed by atoms with Gasteiger partial charge in [-0.3, -0.25) is 4.79 Å². The third-order valence-corrected chi connectivity index (χ3v) is 3.61. The summed E-state index contributed by atoms with van der Waals surface area (Å²) in [5.74, 6) is -6.83. The maximum atomic E-state index is 13.5. The normalized spacial score (nSPS) is 12.7. The van der Waals surface area contributed by atoms with Gasteiger partial charge in [-0.05, 0) is 42.8 Å². The summed E-state index contributed by atoms with van der Waals surface area (Å²) < 4.78 is 81.8. The van der Waals surface area contributed by atoms with Gasteiger partial charge in [-0.15, -0.1) is 0 Å². The van der Waals surface area contributed by atoms with Crippen molar-refractivity contribution in [3.63, 3.8) is 0 Å². The first-order valence-corrected chi connectivity index (χ1v) is 7.99. The molecule has 0 heterocycles. The number of anilines is 1. The van der Waals surface area contributed by atoms with Crippen LogP contribution in [0.4, 0.5) is 32.0 Å². The molecular weight excluding hydrogens is 404 g/mol. The summed E-state index contributed by atoms with van der Waals surface area (Å²) in [5, 5.41) is 1.95. The molecule has 0 saturated carbocycles. The van der Waals surface area contributed by atoms with Crippen molar-refractivity contribution in [2.45, 2.75) is 19.2 Å². The fourth-order valence-electron chi connectivity index (χ4n) is 2.07. The van der Waals surface area contributed by atoms with E-state index in [1.807, 2.05) is 5.32 Å². The maximum absolute atomic E-state index is 13.5. The van der Waals surface area contributed by atoms with E-state index in [2.05, 4.69) is 0 Å². The van der Waals surface area contributed by atoms with Gasteiger partial charge in [-0.1, -0.05) is 12.1 Å². The molecule has 0 radical (unpaired) electrons. The van der Waals surface area contributed by atoms with Crippen molar-refractivity contribution >= 4 is 23.6 Å². The topological polar surface area (TPSA) is 55.4 Å². The molecule has 29 heavy (non-hydrogen) atoms. The molecule has 2 aromatic rings. The Morgan fingerprint density at radius 1 is 1.00 bits per heavy atom. The van der Waals surface area contributed by atoms with E-state index in [9.17, 15) is 35.9 Å². The zero-order valence-corrected chi connectivity index (χ0v) is 14.7. The molecule has 10 heteroatoms. The Kier molecular flexibility index (Phi) is 6.68. The monoisotopic (exact) mass is 417 g/mol. The summed E-state index contributed by atoms with van der Waals surface area (Å²) in [6.07, 6.45) is -3.86. The van der Waals surface area contributed by atoms with Crippen molar-refractivity contribution in [1.82, 2.24) is 0 Å². The van der Waals surface area contributed by atoms with Crippen LogP contribution in [0.5, 0.6) is 0 Å². The quantitative estimate of drug-likeness (QED) is 0.332. The molecule has 0 bridgehead atoms. The molecule has 1 atom stereocenters. The molecule has 0 spiro atoms. The minimum absolute atomic E-state index is 0.274. The summed E-state index contributed by atoms with van der Waals surface area (Å²) in [6, 6.07) is 5.33. The minimum atomic E-state index is -4.49. The van der Waals surface area contributed by atoms with E-state index in [0.29, 0.717) is 6.07 Å². The second-order valence-electron chi connectivity index (χ2n) is 5.74. The number of halogens is 6. The summed E-state index contributed by atoms with van der Waals surface area (Å²) in [6.45, 7) is 1.15. The van der Waals surface area contributed by atoms with E-state index in [1.54, 1.807) is 0 Å². The van der Waals surface area contributed by atoms with Gasteiger partial charge in [0.2, 0.25) is 0 Å². The average molecular weight is 417 g/mol. The van der Waals surface area contributed by atoms with Crippen LogP contribution in [0.2, 0.25) is 0 Å². The van der Waals surface area contributed by atoms with Crippen LogP contribution in [0, 0.1) is 17.5 Å². The van der Waals surface area contributed by atoms with Crippen molar-refractivity contribution in [1.29, 1.82) is 0 Å². The van der Waals surface area contributed by atoms with Crippen molar-refractivity contribution in [3.8, 4) is 0 Å². The summed E-state index contributed by atoms with van der Waals surface area (Å²) in [7, 11) is 0. The number of hydrogen-bond donors (Lipinski definition) is 1. The van der Waals surface area contributed by atoms with Gasteiger partial charge < -0.3 is 10.1 Å². The van der Waals surface area contributed by atoms with Gasteiger partial charge in [-0.2, -0.15) is 13.2 Å². The van der Waals surface area contributed by atoms with Gasteiger partial charge in [0.15, 0.2) is 23.6 Å². The van der Waals surface area contributed by atoms with Gasteiger partial charge in [-0.25, -0.2) is 18.0 Å². The minimum Gasteiger partial charge on any atom is -0.449 e. The molecule has 4 nitrogen and oxygen atoms in total. The first-order valence-electron chi connectivity index (χ1n) is 7.99. The van der Waals surface area contributed by atoms with Crippen LogP contribution in [0.3, 0.4) is 0 Å². The first kappa shape index (κ1) is 22.0. The SMILES string of the molecule is CC(OC(=O)/C=C/c1ccc(C(F)(F)F)cc1)C(=O)Nc1ccc(F)c(F)c1F. The summed E-state index contributed by atoms with van der Waals surface area (Å²) in [5.41, 5.74) is -1.22. The number of hydrogen-bond acceptors (Lipinski definition) is 3. The van der Waals surface area contributed by atoms with E-state index in [4.69, 9.17) is 4.74 Å². The number of alkyl halides is 3. The van der Waals surface area contributed by atoms with E-state index in [0.717, 1.165) is 43.3 Å². The third kappa shape index (κ3) is 5.84. The van der Waals surface area contributed by atoms with E-state index < -0.39 is 52.9 Å². The molecule has 2 rings (SSSR count). The Bertz CT molecular complexity index is 938. The predicted molar refractivity (Wildman–Crippen MR) is 91.0 cm³/mol. The Morgan fingerprint density at radius 2 is 1.62 bits per heavy atom. The van der Waals surface area contributed by atoms with Crippen LogP contribution in [0.15, 0.2) is 42.5 Å². The summed E-state index contributed by atoms with van der Waals surface area (Å²) >= 11 is 0. The molecule has 0 aliphatic carbocycles. The predicted octanol–water partition coefficient (Wildman–Crippen LogP) is 4.71. The van der Waals surface area contributed by atoms with Gasteiger partial charge in [0.25, 0.3) is 5.91 Å². The van der Waals surface area contributed by atoms with Crippen LogP contribution in [0.25, 0.3) is 6.08 Å². The van der Waals surface area contributed by atoms with Crippen LogP contribution in [0.1, 0.15) is 18.1 Å². The molecule has 1 amide bonds. The van der Waals surface area contributed by atoms with Gasteiger partial charge in [0.05, 0.1) is 11.3 Å². The molecule has 0 saturated heterocycles. The van der Waals surface area contributed by atoms with Crippen LogP contribution in [-0.4, -0.2) is 18.0 Å². The van der Waals surface area contributed by atoms with Crippen molar-refractivity contribution in [3.05, 3.63) is 71.1 Å². The zero-order chi connectivity index (χ0) is 21.8. The molecule has 0 aliphatic rings. The number of rotatable bonds is 5. The Hall–Kier alpha value is -3.30. The van der Waals surface area contributed by atoms with E-state index in [-0.39, 0.29) is 5.56 Å². The lowest BCUT2D eigenvalue weighted by Crippen LogP contribution is -2.29. The number of benzene rings is 2. The van der Waals surface area contributed by atoms with Crippen molar-refractivity contribution in [2.75, 3.05) is 5.32 Å². The second-order valence-corrected chi connectivity index (χ2v) is 5.74. The number of carbonyl (C=O) groups excluding carboxylic acids is 2. The van der Waals surface area contributed by atoms with E-state index >= 15 is 0 Å². The molecular formula is C19H13F6NO3. The van der Waals surface area contributed by atoms with Crippen molar-refractivity contribution < 1.29 is 40.7 Å². The highest BCUT2D eigenvalue weighted by Crippen LogP contribution is 2.29. The van der Waals surface area contributed by atoms with Gasteiger partial charge in [0, 0.05) is 6.08 Å². The fourth-order valence-corrected chi connectivity index (χ4v) is 2.07. The molecule has 1 N–H and O–H groups in total. The highest BCUT2D eigenvalue weighted by molar-refractivity contribution is 5.96. The Labute approximate surface area is 160 Å². The van der Waals surface area contributed by atoms with Crippen molar-refractivity contribution in [2.24, 2.45) is 0 Å². The van der Waals surface area contributed by atoms with E-state index in [1.165, 1.54) is 6.08 Å². The number of carbonyl (C=O) groups is 2. The standard InChI is InChI=1S/C19H13F6NO3/c1-10(18(28)26-14-8-7-13(20)16(21)17(14)22)29-15(27)9-4-11-2-5-12(6-3-11)19(23,24)25/h2-10H,1H3,(H,26,28)/b9-4+. The lowest BCUT2D eigenvalue weighted by Gasteiger charge is -2.13. The van der Waals surface area contributed by atoms with Crippen LogP contribution >= 0.6 is 0 Å². The highest BCUT2D eigenvalue weighted by atomic mass is 19.4. The molecule has 0 aliphatic heterocycles. The van der Waals surface area contributed by atoms with Crippen LogP contribution in [-0.2, 0) is 20.5 Å². The molecule has 1 unspecified atom stereocenters. The zero-order valence-electron chi connectivity index (χ0n) is 14.7. The third-order valence-electron chi connectivity index (χ3n) is 3.61. The smallest absolute Gasteiger partial charge is 0.416 e. The lowest BCUT2D eigenvalue weighted by atomic mass is 10.1. The molecule has 2 aromatic carbocycles. The average Bonchev–Trinajstić information content (AvgIpc) is 2.66. The molecule has 0 aromatic heterocycles. The number of nitrogens with one attached hydrogen (secondary N) is 1. The lowest BCUT2D eigenvalue weighted by molar-refractivity contribution is -0.148. The van der Waals surface area contributed by atoms with Crippen LogP contribution < -0.4 is 5.32 Å². The molecule has 0 fully saturated rings. The van der Waals surface area contributed by atoms with Gasteiger partial charge in [0.1, 0.15) is 0 Å². The largest absolute Gasteiger partial charge is 0.449 e. The first-order chi connectivity index (χ1) is 13.5. The summed E-state index contributed by atoms with van der Waals surface area (Å²) in [4.78, 5) is 23.6. The molecule has 154 valence electrons. The maximum Gasteiger partial charge on any atom is 0.416 e. The highest BCUT2D eigenvalue weighted by Gasteiger charge is 2.29. The number of amides is 1. The Balaban J connectivity index is 1.95. The Morgan fingerprint density at radius 3 is 2.21 bits per heavy atom.